The van der Waals surface area contributed by atoms with Crippen LogP contribution in [-0.4, -0.2) is 36.0 Å². The lowest BCUT2D eigenvalue weighted by Crippen LogP contribution is -2.66. The Balaban J connectivity index is 1.89. The number of carbonyl (C=O) groups excluding carboxylic acids is 1. The van der Waals surface area contributed by atoms with E-state index in [9.17, 15) is 4.79 Å². The van der Waals surface area contributed by atoms with Crippen LogP contribution in [0.1, 0.15) is 37.0 Å². The summed E-state index contributed by atoms with van der Waals surface area (Å²) in [5.74, 6) is 0.861. The van der Waals surface area contributed by atoms with Crippen molar-refractivity contribution in [2.24, 2.45) is 5.73 Å². The lowest BCUT2D eigenvalue weighted by molar-refractivity contribution is 0.0453. The zero-order valence-electron chi connectivity index (χ0n) is 11.7. The third-order valence-corrected chi connectivity index (χ3v) is 3.26. The minimum absolute atomic E-state index is 0.0445. The molecule has 1 fully saturated rings. The van der Waals surface area contributed by atoms with Gasteiger partial charge < -0.3 is 15.4 Å². The van der Waals surface area contributed by atoms with Crippen LogP contribution >= 0.6 is 0 Å². The summed E-state index contributed by atoms with van der Waals surface area (Å²) in [6.45, 7) is 6.06. The molecule has 1 amide bonds. The Morgan fingerprint density at radius 1 is 1.37 bits per heavy atom. The summed E-state index contributed by atoms with van der Waals surface area (Å²) in [5, 5.41) is 0. The number of benzene rings is 1. The van der Waals surface area contributed by atoms with E-state index in [0.717, 1.165) is 25.2 Å². The van der Waals surface area contributed by atoms with Crippen molar-refractivity contribution in [3.8, 4) is 5.75 Å². The van der Waals surface area contributed by atoms with Gasteiger partial charge in [-0.3, -0.25) is 4.79 Å². The van der Waals surface area contributed by atoms with Crippen LogP contribution < -0.4 is 10.5 Å². The normalized spacial score (nSPS) is 16.9. The van der Waals surface area contributed by atoms with Crippen molar-refractivity contribution in [3.05, 3.63) is 29.8 Å². The molecule has 19 heavy (non-hydrogen) atoms. The fraction of sp³-hybridized carbons (Fsp3) is 0.533. The highest BCUT2D eigenvalue weighted by Crippen LogP contribution is 2.21. The first-order valence-corrected chi connectivity index (χ1v) is 6.83. The Morgan fingerprint density at radius 3 is 2.53 bits per heavy atom. The number of ether oxygens (including phenoxy) is 1. The summed E-state index contributed by atoms with van der Waals surface area (Å²) in [6, 6.07) is 7.33. The molecule has 0 aromatic heterocycles. The number of amides is 1. The molecule has 1 aliphatic heterocycles. The van der Waals surface area contributed by atoms with Crippen LogP contribution in [0.3, 0.4) is 0 Å². The molecule has 2 rings (SSSR count). The molecule has 0 saturated carbocycles. The molecule has 1 heterocycles. The first-order valence-electron chi connectivity index (χ1n) is 6.83. The molecule has 1 saturated heterocycles. The molecule has 0 spiro atoms. The van der Waals surface area contributed by atoms with E-state index in [4.69, 9.17) is 10.5 Å². The molecule has 0 bridgehead atoms. The first kappa shape index (κ1) is 13.9. The molecule has 104 valence electrons. The van der Waals surface area contributed by atoms with Gasteiger partial charge in [0, 0.05) is 24.2 Å². The lowest BCUT2D eigenvalue weighted by Gasteiger charge is -2.45. The van der Waals surface area contributed by atoms with E-state index in [1.54, 1.807) is 4.90 Å². The molecule has 1 aromatic carbocycles. The summed E-state index contributed by atoms with van der Waals surface area (Å²) >= 11 is 0. The van der Waals surface area contributed by atoms with Gasteiger partial charge in [0.05, 0.1) is 6.61 Å². The van der Waals surface area contributed by atoms with E-state index in [2.05, 4.69) is 6.92 Å². The number of hydrogen-bond acceptors (Lipinski definition) is 3. The highest BCUT2D eigenvalue weighted by Gasteiger charge is 2.37. The molecule has 1 aliphatic rings. The summed E-state index contributed by atoms with van der Waals surface area (Å²) < 4.78 is 5.57. The third kappa shape index (κ3) is 3.47. The van der Waals surface area contributed by atoms with Gasteiger partial charge in [0.25, 0.3) is 5.91 Å². The zero-order valence-corrected chi connectivity index (χ0v) is 11.7. The van der Waals surface area contributed by atoms with Crippen molar-refractivity contribution in [2.75, 3.05) is 19.7 Å². The SMILES string of the molecule is CCCCOc1ccc(C(=O)N2CC(C)(N)C2)cc1. The van der Waals surface area contributed by atoms with Gasteiger partial charge in [-0.05, 0) is 37.6 Å². The molecule has 2 N–H and O–H groups in total. The first-order chi connectivity index (χ1) is 9.02. The molecule has 4 nitrogen and oxygen atoms in total. The van der Waals surface area contributed by atoms with Crippen molar-refractivity contribution in [2.45, 2.75) is 32.2 Å². The fourth-order valence-corrected chi connectivity index (χ4v) is 2.18. The second-order valence-electron chi connectivity index (χ2n) is 5.54. The van der Waals surface area contributed by atoms with E-state index in [-0.39, 0.29) is 11.4 Å². The predicted octanol–water partition coefficient (Wildman–Crippen LogP) is 2.04. The Morgan fingerprint density at radius 2 is 2.00 bits per heavy atom. The molecule has 0 radical (unpaired) electrons. The number of unbranched alkanes of at least 4 members (excludes halogenated alkanes) is 1. The number of rotatable bonds is 5. The maximum absolute atomic E-state index is 12.1. The number of nitrogens with zero attached hydrogens (tertiary/aromatic N) is 1. The highest BCUT2D eigenvalue weighted by atomic mass is 16.5. The summed E-state index contributed by atoms with van der Waals surface area (Å²) in [6.07, 6.45) is 2.16. The molecule has 1 aromatic rings. The van der Waals surface area contributed by atoms with Crippen molar-refractivity contribution in [1.82, 2.24) is 4.90 Å². The van der Waals surface area contributed by atoms with Crippen molar-refractivity contribution in [3.63, 3.8) is 0 Å². The van der Waals surface area contributed by atoms with E-state index in [1.807, 2.05) is 31.2 Å². The van der Waals surface area contributed by atoms with Gasteiger partial charge >= 0.3 is 0 Å². The number of hydrogen-bond donors (Lipinski definition) is 1. The van der Waals surface area contributed by atoms with Gasteiger partial charge in [0.1, 0.15) is 5.75 Å². The highest BCUT2D eigenvalue weighted by molar-refractivity contribution is 5.95. The monoisotopic (exact) mass is 262 g/mol. The average Bonchev–Trinajstić information content (AvgIpc) is 2.36. The smallest absolute Gasteiger partial charge is 0.253 e. The van der Waals surface area contributed by atoms with Gasteiger partial charge in [0.15, 0.2) is 0 Å². The number of likely N-dealkylation sites (tertiary alicyclic amines) is 1. The molecule has 0 unspecified atom stereocenters. The van der Waals surface area contributed by atoms with Gasteiger partial charge in [-0.25, -0.2) is 0 Å². The van der Waals surface area contributed by atoms with Crippen LogP contribution in [0, 0.1) is 0 Å². The Bertz CT molecular complexity index is 432. The van der Waals surface area contributed by atoms with Crippen LogP contribution in [0.15, 0.2) is 24.3 Å². The van der Waals surface area contributed by atoms with Crippen LogP contribution in [0.2, 0.25) is 0 Å². The maximum Gasteiger partial charge on any atom is 0.253 e. The van der Waals surface area contributed by atoms with Gasteiger partial charge in [0.2, 0.25) is 0 Å². The molecular weight excluding hydrogens is 240 g/mol. The van der Waals surface area contributed by atoms with Crippen LogP contribution in [0.4, 0.5) is 0 Å². The maximum atomic E-state index is 12.1. The van der Waals surface area contributed by atoms with Crippen molar-refractivity contribution in [1.29, 1.82) is 0 Å². The van der Waals surface area contributed by atoms with E-state index < -0.39 is 0 Å². The lowest BCUT2D eigenvalue weighted by atomic mass is 9.93. The predicted molar refractivity (Wildman–Crippen MR) is 75.3 cm³/mol. The number of carbonyl (C=O) groups is 1. The minimum atomic E-state index is -0.223. The minimum Gasteiger partial charge on any atom is -0.494 e. The van der Waals surface area contributed by atoms with Crippen LogP contribution in [-0.2, 0) is 0 Å². The second kappa shape index (κ2) is 5.61. The fourth-order valence-electron chi connectivity index (χ4n) is 2.18. The summed E-state index contributed by atoms with van der Waals surface area (Å²) in [7, 11) is 0. The quantitative estimate of drug-likeness (QED) is 0.826. The zero-order chi connectivity index (χ0) is 13.9. The van der Waals surface area contributed by atoms with Crippen LogP contribution in [0.5, 0.6) is 5.75 Å². The molecule has 0 aliphatic carbocycles. The summed E-state index contributed by atoms with van der Waals surface area (Å²) in [4.78, 5) is 13.9. The Hall–Kier alpha value is -1.55. The third-order valence-electron chi connectivity index (χ3n) is 3.26. The van der Waals surface area contributed by atoms with E-state index in [1.165, 1.54) is 0 Å². The molecular formula is C15H22N2O2. The molecule has 0 atom stereocenters. The summed E-state index contributed by atoms with van der Waals surface area (Å²) in [5.41, 5.74) is 6.38. The largest absolute Gasteiger partial charge is 0.494 e. The van der Waals surface area contributed by atoms with Crippen LogP contribution in [0.25, 0.3) is 0 Å². The van der Waals surface area contributed by atoms with Gasteiger partial charge in [-0.15, -0.1) is 0 Å². The van der Waals surface area contributed by atoms with Crippen molar-refractivity contribution >= 4 is 5.91 Å². The van der Waals surface area contributed by atoms with Gasteiger partial charge in [-0.1, -0.05) is 13.3 Å². The van der Waals surface area contributed by atoms with E-state index >= 15 is 0 Å². The average molecular weight is 262 g/mol. The Kier molecular flexibility index (Phi) is 4.10. The van der Waals surface area contributed by atoms with Crippen molar-refractivity contribution < 1.29 is 9.53 Å². The Labute approximate surface area is 114 Å². The number of nitrogens with two attached hydrogens (primary N) is 1. The topological polar surface area (TPSA) is 55.6 Å². The van der Waals surface area contributed by atoms with Gasteiger partial charge in [-0.2, -0.15) is 0 Å². The standard InChI is InChI=1S/C15H22N2O2/c1-3-4-9-19-13-7-5-12(6-8-13)14(18)17-10-15(2,16)11-17/h5-8H,3-4,9-11,16H2,1-2H3. The van der Waals surface area contributed by atoms with E-state index in [0.29, 0.717) is 18.7 Å². The second-order valence-corrected chi connectivity index (χ2v) is 5.54. The molecule has 4 heteroatoms.